The van der Waals surface area contributed by atoms with Crippen molar-refractivity contribution in [1.82, 2.24) is 15.0 Å². The summed E-state index contributed by atoms with van der Waals surface area (Å²) in [4.78, 5) is 17.0. The van der Waals surface area contributed by atoms with E-state index in [0.29, 0.717) is 6.42 Å². The lowest BCUT2D eigenvalue weighted by molar-refractivity contribution is -0.132. The Balaban J connectivity index is 1.48. The van der Waals surface area contributed by atoms with Gasteiger partial charge in [-0.3, -0.25) is 4.79 Å². The van der Waals surface area contributed by atoms with E-state index in [2.05, 4.69) is 10.1 Å². The van der Waals surface area contributed by atoms with E-state index in [1.807, 2.05) is 17.9 Å². The topological polar surface area (TPSA) is 49.6 Å². The van der Waals surface area contributed by atoms with Crippen LogP contribution in [0.3, 0.4) is 0 Å². The molecule has 2 aliphatic rings. The van der Waals surface area contributed by atoms with Crippen LogP contribution in [0, 0.1) is 6.92 Å². The number of piperidine rings is 1. The van der Waals surface area contributed by atoms with Gasteiger partial charge in [-0.25, -0.2) is 0 Å². The molecule has 122 valence electrons. The van der Waals surface area contributed by atoms with Crippen molar-refractivity contribution in [1.29, 1.82) is 0 Å². The van der Waals surface area contributed by atoms with Crippen LogP contribution in [0.25, 0.3) is 0 Å². The second-order valence-corrected chi connectivity index (χ2v) is 6.62. The van der Waals surface area contributed by atoms with Gasteiger partial charge in [0, 0.05) is 19.0 Å². The summed E-state index contributed by atoms with van der Waals surface area (Å²) in [6, 6.07) is 2.06. The molecule has 1 amide bonds. The number of carbonyl (C=O) groups excluding carboxylic acids is 1. The van der Waals surface area contributed by atoms with Gasteiger partial charge in [-0.1, -0.05) is 11.6 Å². The average molecular weight is 305 g/mol. The van der Waals surface area contributed by atoms with E-state index < -0.39 is 0 Å². The van der Waals surface area contributed by atoms with Gasteiger partial charge in [0.1, 0.15) is 0 Å². The molecule has 0 N–H and O–H groups in total. The molecule has 5 nitrogen and oxygen atoms in total. The lowest BCUT2D eigenvalue weighted by Gasteiger charge is -2.27. The van der Waals surface area contributed by atoms with E-state index in [4.69, 9.17) is 4.52 Å². The molecular weight excluding hydrogens is 278 g/mol. The first-order valence-electron chi connectivity index (χ1n) is 8.69. The number of likely N-dealkylation sites (tertiary alicyclic amines) is 2. The molecule has 2 aliphatic heterocycles. The molecule has 3 rings (SSSR count). The zero-order valence-corrected chi connectivity index (χ0v) is 13.6. The zero-order chi connectivity index (χ0) is 15.4. The largest absolute Gasteiger partial charge is 0.359 e. The molecule has 5 heteroatoms. The molecule has 0 aliphatic carbocycles. The van der Waals surface area contributed by atoms with Gasteiger partial charge in [0.25, 0.3) is 0 Å². The third-order valence-electron chi connectivity index (χ3n) is 4.86. The Morgan fingerprint density at radius 3 is 2.82 bits per heavy atom. The van der Waals surface area contributed by atoms with Crippen LogP contribution in [-0.4, -0.2) is 47.0 Å². The number of aryl methyl sites for hydroxylation is 1. The molecule has 2 saturated heterocycles. The highest BCUT2D eigenvalue weighted by Gasteiger charge is 2.32. The van der Waals surface area contributed by atoms with Crippen LogP contribution in [0.2, 0.25) is 0 Å². The van der Waals surface area contributed by atoms with Crippen molar-refractivity contribution in [2.45, 2.75) is 57.9 Å². The maximum absolute atomic E-state index is 12.5. The fraction of sp³-hybridized carbons (Fsp3) is 0.765. The van der Waals surface area contributed by atoms with Crippen molar-refractivity contribution < 1.29 is 9.32 Å². The summed E-state index contributed by atoms with van der Waals surface area (Å²) in [6.45, 7) is 6.25. The van der Waals surface area contributed by atoms with E-state index in [1.165, 1.54) is 32.4 Å². The van der Waals surface area contributed by atoms with Gasteiger partial charge >= 0.3 is 0 Å². The number of nitrogens with zero attached hydrogens (tertiary/aromatic N) is 3. The summed E-state index contributed by atoms with van der Waals surface area (Å²) < 4.78 is 5.38. The molecule has 1 atom stereocenters. The molecule has 1 aromatic rings. The first-order valence-corrected chi connectivity index (χ1v) is 8.69. The van der Waals surface area contributed by atoms with Crippen LogP contribution in [0.1, 0.15) is 62.4 Å². The minimum absolute atomic E-state index is 0.101. The van der Waals surface area contributed by atoms with E-state index in [1.54, 1.807) is 0 Å². The average Bonchev–Trinajstić information content (AvgIpc) is 3.16. The van der Waals surface area contributed by atoms with Crippen molar-refractivity contribution in [2.24, 2.45) is 0 Å². The zero-order valence-electron chi connectivity index (χ0n) is 13.6. The molecule has 1 aromatic heterocycles. The van der Waals surface area contributed by atoms with Gasteiger partial charge in [-0.05, 0) is 58.7 Å². The SMILES string of the molecule is Cc1cc(C2CCCN2C(=O)CCCN2CCCCC2)on1. The minimum atomic E-state index is 0.101. The van der Waals surface area contributed by atoms with Crippen molar-refractivity contribution in [3.8, 4) is 0 Å². The fourth-order valence-electron chi connectivity index (χ4n) is 3.68. The maximum atomic E-state index is 12.5. The van der Waals surface area contributed by atoms with Gasteiger partial charge in [0.15, 0.2) is 5.76 Å². The highest BCUT2D eigenvalue weighted by molar-refractivity contribution is 5.76. The number of rotatable bonds is 5. The molecule has 0 spiro atoms. The molecule has 0 radical (unpaired) electrons. The first-order chi connectivity index (χ1) is 10.7. The minimum Gasteiger partial charge on any atom is -0.359 e. The Morgan fingerprint density at radius 2 is 2.09 bits per heavy atom. The lowest BCUT2D eigenvalue weighted by atomic mass is 10.1. The molecule has 2 fully saturated rings. The number of hydrogen-bond acceptors (Lipinski definition) is 4. The summed E-state index contributed by atoms with van der Waals surface area (Å²) in [7, 11) is 0. The molecule has 0 bridgehead atoms. The Labute approximate surface area is 132 Å². The van der Waals surface area contributed by atoms with Crippen molar-refractivity contribution in [2.75, 3.05) is 26.2 Å². The number of amides is 1. The fourth-order valence-corrected chi connectivity index (χ4v) is 3.68. The number of hydrogen-bond donors (Lipinski definition) is 0. The molecule has 0 saturated carbocycles. The van der Waals surface area contributed by atoms with Gasteiger partial charge in [-0.2, -0.15) is 0 Å². The maximum Gasteiger partial charge on any atom is 0.223 e. The normalized spacial score (nSPS) is 23.1. The monoisotopic (exact) mass is 305 g/mol. The van der Waals surface area contributed by atoms with Crippen molar-refractivity contribution in [3.63, 3.8) is 0 Å². The second-order valence-electron chi connectivity index (χ2n) is 6.62. The predicted molar refractivity (Wildman–Crippen MR) is 84.5 cm³/mol. The van der Waals surface area contributed by atoms with E-state index in [9.17, 15) is 4.79 Å². The Bertz CT molecular complexity index is 494. The highest BCUT2D eigenvalue weighted by Crippen LogP contribution is 2.32. The van der Waals surface area contributed by atoms with Crippen LogP contribution in [0.4, 0.5) is 0 Å². The predicted octanol–water partition coefficient (Wildman–Crippen LogP) is 2.91. The highest BCUT2D eigenvalue weighted by atomic mass is 16.5. The summed E-state index contributed by atoms with van der Waals surface area (Å²) in [5.41, 5.74) is 0.888. The molecule has 1 unspecified atom stereocenters. The molecule has 0 aromatic carbocycles. The number of aromatic nitrogens is 1. The Morgan fingerprint density at radius 1 is 1.27 bits per heavy atom. The van der Waals surface area contributed by atoms with Crippen molar-refractivity contribution >= 4 is 5.91 Å². The summed E-state index contributed by atoms with van der Waals surface area (Å²) in [5.74, 6) is 1.12. The smallest absolute Gasteiger partial charge is 0.223 e. The second kappa shape index (κ2) is 7.27. The standard InChI is InChI=1S/C17H27N3O2/c1-14-13-16(22-18-14)15-7-5-12-20(15)17(21)8-6-11-19-9-3-2-4-10-19/h13,15H,2-12H2,1H3. The van der Waals surface area contributed by atoms with Crippen molar-refractivity contribution in [3.05, 3.63) is 17.5 Å². The molecule has 3 heterocycles. The third kappa shape index (κ3) is 3.69. The van der Waals surface area contributed by atoms with E-state index in [0.717, 1.165) is 43.8 Å². The van der Waals surface area contributed by atoms with Crippen LogP contribution < -0.4 is 0 Å². The quantitative estimate of drug-likeness (QED) is 0.839. The Kier molecular flexibility index (Phi) is 5.13. The van der Waals surface area contributed by atoms with Gasteiger partial charge in [0.05, 0.1) is 11.7 Å². The summed E-state index contributed by atoms with van der Waals surface area (Å²) in [6.07, 6.45) is 7.66. The van der Waals surface area contributed by atoms with Crippen LogP contribution >= 0.6 is 0 Å². The first kappa shape index (κ1) is 15.5. The van der Waals surface area contributed by atoms with Crippen LogP contribution in [0.15, 0.2) is 10.6 Å². The van der Waals surface area contributed by atoms with Gasteiger partial charge < -0.3 is 14.3 Å². The molecule has 22 heavy (non-hydrogen) atoms. The van der Waals surface area contributed by atoms with E-state index in [-0.39, 0.29) is 11.9 Å². The Hall–Kier alpha value is -1.36. The van der Waals surface area contributed by atoms with E-state index >= 15 is 0 Å². The summed E-state index contributed by atoms with van der Waals surface area (Å²) >= 11 is 0. The third-order valence-corrected chi connectivity index (χ3v) is 4.86. The van der Waals surface area contributed by atoms with Crippen LogP contribution in [0.5, 0.6) is 0 Å². The lowest BCUT2D eigenvalue weighted by Crippen LogP contribution is -2.33. The van der Waals surface area contributed by atoms with Gasteiger partial charge in [-0.15, -0.1) is 0 Å². The number of carbonyl (C=O) groups is 1. The summed E-state index contributed by atoms with van der Waals surface area (Å²) in [5, 5.41) is 3.96. The van der Waals surface area contributed by atoms with Crippen LogP contribution in [-0.2, 0) is 4.79 Å². The molecular formula is C17H27N3O2. The van der Waals surface area contributed by atoms with Gasteiger partial charge in [0.2, 0.25) is 5.91 Å².